The molecule has 0 spiro atoms. The SMILES string of the molecule is CNC(=O)[C@@H]1CCCN1C(=O)[C@@H](N(N)/C=C(\N)c1cnc(F)cc1C)C(C)(C)C. The van der Waals surface area contributed by atoms with E-state index in [-0.39, 0.29) is 17.5 Å². The molecule has 0 radical (unpaired) electrons. The highest BCUT2D eigenvalue weighted by atomic mass is 19.1. The zero-order valence-corrected chi connectivity index (χ0v) is 17.7. The molecule has 2 amide bonds. The van der Waals surface area contributed by atoms with E-state index in [1.807, 2.05) is 20.8 Å². The van der Waals surface area contributed by atoms with Gasteiger partial charge in [0.1, 0.15) is 12.1 Å². The van der Waals surface area contributed by atoms with E-state index in [0.29, 0.717) is 24.1 Å². The fourth-order valence-corrected chi connectivity index (χ4v) is 3.70. The van der Waals surface area contributed by atoms with Crippen LogP contribution in [0.15, 0.2) is 18.5 Å². The quantitative estimate of drug-likeness (QED) is 0.383. The molecule has 1 aromatic heterocycles. The fraction of sp³-hybridized carbons (Fsp3) is 0.550. The lowest BCUT2D eigenvalue weighted by molar-refractivity contribution is -0.145. The topological polar surface area (TPSA) is 118 Å². The maximum Gasteiger partial charge on any atom is 0.248 e. The van der Waals surface area contributed by atoms with Crippen LogP contribution in [0.4, 0.5) is 4.39 Å². The molecule has 1 saturated heterocycles. The molecule has 1 fully saturated rings. The molecule has 1 aromatic rings. The summed E-state index contributed by atoms with van der Waals surface area (Å²) in [6.45, 7) is 7.91. The summed E-state index contributed by atoms with van der Waals surface area (Å²) in [6.07, 6.45) is 4.16. The van der Waals surface area contributed by atoms with Crippen molar-refractivity contribution in [2.45, 2.75) is 52.6 Å². The lowest BCUT2D eigenvalue weighted by Crippen LogP contribution is -2.58. The predicted molar refractivity (Wildman–Crippen MR) is 109 cm³/mol. The van der Waals surface area contributed by atoms with Crippen molar-refractivity contribution in [3.8, 4) is 0 Å². The van der Waals surface area contributed by atoms with Gasteiger partial charge in [-0.15, -0.1) is 0 Å². The Kier molecular flexibility index (Phi) is 6.84. The number of aromatic nitrogens is 1. The molecule has 9 heteroatoms. The molecule has 5 N–H and O–H groups in total. The third-order valence-corrected chi connectivity index (χ3v) is 5.11. The zero-order chi connectivity index (χ0) is 21.9. The standard InChI is InChI=1S/C20H31FN6O2/c1-12-9-16(21)25-10-13(12)14(22)11-27(23)17(20(2,3)4)19(29)26-8-6-7-15(26)18(28)24-5/h9-11,15,17H,6-8,22-23H2,1-5H3,(H,24,28)/b14-11-/t15-,17+/m0/s1. The Morgan fingerprint density at radius 1 is 1.45 bits per heavy atom. The third-order valence-electron chi connectivity index (χ3n) is 5.11. The number of hydrazine groups is 1. The molecule has 2 atom stereocenters. The number of rotatable bonds is 5. The van der Waals surface area contributed by atoms with Crippen molar-refractivity contribution < 1.29 is 14.0 Å². The van der Waals surface area contributed by atoms with Crippen LogP contribution in [0, 0.1) is 18.3 Å². The second-order valence-corrected chi connectivity index (χ2v) is 8.43. The van der Waals surface area contributed by atoms with Gasteiger partial charge in [0, 0.05) is 31.6 Å². The molecule has 0 saturated carbocycles. The van der Waals surface area contributed by atoms with Crippen LogP contribution in [-0.4, -0.2) is 52.4 Å². The van der Waals surface area contributed by atoms with Crippen LogP contribution in [0.5, 0.6) is 0 Å². The molecule has 0 aliphatic carbocycles. The second kappa shape index (κ2) is 8.77. The number of likely N-dealkylation sites (N-methyl/N-ethyl adjacent to an activating group) is 1. The maximum absolute atomic E-state index is 13.4. The van der Waals surface area contributed by atoms with Gasteiger partial charge in [0.25, 0.3) is 0 Å². The second-order valence-electron chi connectivity index (χ2n) is 8.43. The smallest absolute Gasteiger partial charge is 0.248 e. The number of likely N-dealkylation sites (tertiary alicyclic amines) is 1. The van der Waals surface area contributed by atoms with Crippen LogP contribution in [-0.2, 0) is 9.59 Å². The van der Waals surface area contributed by atoms with Crippen molar-refractivity contribution in [2.24, 2.45) is 17.0 Å². The summed E-state index contributed by atoms with van der Waals surface area (Å²) < 4.78 is 13.3. The molecular formula is C20H31FN6O2. The Hall–Kier alpha value is -2.68. The van der Waals surface area contributed by atoms with Crippen molar-refractivity contribution in [3.63, 3.8) is 0 Å². The molecule has 0 unspecified atom stereocenters. The van der Waals surface area contributed by atoms with Gasteiger partial charge in [-0.3, -0.25) is 9.59 Å². The predicted octanol–water partition coefficient (Wildman–Crippen LogP) is 1.11. The average Bonchev–Trinajstić information content (AvgIpc) is 3.09. The minimum atomic E-state index is -0.750. The maximum atomic E-state index is 13.4. The Balaban J connectivity index is 2.34. The number of hydrogen-bond donors (Lipinski definition) is 3. The summed E-state index contributed by atoms with van der Waals surface area (Å²) in [7, 11) is 1.56. The van der Waals surface area contributed by atoms with Gasteiger partial charge in [0.2, 0.25) is 17.8 Å². The van der Waals surface area contributed by atoms with Crippen LogP contribution in [0.25, 0.3) is 5.70 Å². The van der Waals surface area contributed by atoms with Crippen molar-refractivity contribution in [1.29, 1.82) is 0 Å². The van der Waals surface area contributed by atoms with Gasteiger partial charge in [-0.1, -0.05) is 20.8 Å². The van der Waals surface area contributed by atoms with E-state index < -0.39 is 23.4 Å². The minimum Gasteiger partial charge on any atom is -0.397 e. The molecule has 0 bridgehead atoms. The van der Waals surface area contributed by atoms with Gasteiger partial charge >= 0.3 is 0 Å². The van der Waals surface area contributed by atoms with E-state index in [9.17, 15) is 14.0 Å². The van der Waals surface area contributed by atoms with Crippen molar-refractivity contribution >= 4 is 17.5 Å². The van der Waals surface area contributed by atoms with Crippen LogP contribution in [0.1, 0.15) is 44.7 Å². The number of hydrogen-bond acceptors (Lipinski definition) is 6. The fourth-order valence-electron chi connectivity index (χ4n) is 3.70. The Morgan fingerprint density at radius 2 is 2.10 bits per heavy atom. The Labute approximate surface area is 171 Å². The van der Waals surface area contributed by atoms with Gasteiger partial charge in [0.05, 0.1) is 5.70 Å². The summed E-state index contributed by atoms with van der Waals surface area (Å²) in [5.74, 6) is 5.27. The molecule has 2 rings (SSSR count). The van der Waals surface area contributed by atoms with Gasteiger partial charge in [-0.2, -0.15) is 4.39 Å². The molecular weight excluding hydrogens is 375 g/mol. The molecule has 2 heterocycles. The zero-order valence-electron chi connectivity index (χ0n) is 17.7. The number of nitrogens with one attached hydrogen (secondary N) is 1. The third kappa shape index (κ3) is 5.03. The number of halogens is 1. The minimum absolute atomic E-state index is 0.185. The highest BCUT2D eigenvalue weighted by molar-refractivity contribution is 5.90. The molecule has 1 aliphatic rings. The normalized spacial score (nSPS) is 18.5. The highest BCUT2D eigenvalue weighted by Gasteiger charge is 2.42. The summed E-state index contributed by atoms with van der Waals surface area (Å²) in [6, 6.07) is 0.0252. The lowest BCUT2D eigenvalue weighted by Gasteiger charge is -2.39. The number of pyridine rings is 1. The van der Waals surface area contributed by atoms with E-state index in [4.69, 9.17) is 11.6 Å². The summed E-state index contributed by atoms with van der Waals surface area (Å²) in [5, 5.41) is 3.89. The number of aryl methyl sites for hydroxylation is 1. The first kappa shape index (κ1) is 22.6. The summed E-state index contributed by atoms with van der Waals surface area (Å²) in [5.41, 5.74) is 7.04. The monoisotopic (exact) mass is 406 g/mol. The van der Waals surface area contributed by atoms with E-state index >= 15 is 0 Å². The number of nitrogens with two attached hydrogens (primary N) is 2. The largest absolute Gasteiger partial charge is 0.397 e. The average molecular weight is 407 g/mol. The van der Waals surface area contributed by atoms with E-state index in [2.05, 4.69) is 10.3 Å². The Morgan fingerprint density at radius 3 is 2.66 bits per heavy atom. The van der Waals surface area contributed by atoms with Crippen molar-refractivity contribution in [1.82, 2.24) is 20.2 Å². The molecule has 8 nitrogen and oxygen atoms in total. The van der Waals surface area contributed by atoms with Crippen LogP contribution in [0.2, 0.25) is 0 Å². The van der Waals surface area contributed by atoms with E-state index in [1.165, 1.54) is 23.5 Å². The highest BCUT2D eigenvalue weighted by Crippen LogP contribution is 2.29. The first-order chi connectivity index (χ1) is 13.5. The molecule has 0 aromatic carbocycles. The van der Waals surface area contributed by atoms with Gasteiger partial charge in [0.15, 0.2) is 0 Å². The first-order valence-corrected chi connectivity index (χ1v) is 9.62. The van der Waals surface area contributed by atoms with Gasteiger partial charge < -0.3 is 21.0 Å². The van der Waals surface area contributed by atoms with Crippen LogP contribution >= 0.6 is 0 Å². The molecule has 29 heavy (non-hydrogen) atoms. The molecule has 160 valence electrons. The molecule has 1 aliphatic heterocycles. The number of carbonyl (C=O) groups excluding carboxylic acids is 2. The lowest BCUT2D eigenvalue weighted by atomic mass is 9.85. The van der Waals surface area contributed by atoms with Crippen molar-refractivity contribution in [3.05, 3.63) is 35.5 Å². The van der Waals surface area contributed by atoms with Crippen LogP contribution in [0.3, 0.4) is 0 Å². The van der Waals surface area contributed by atoms with Crippen molar-refractivity contribution in [2.75, 3.05) is 13.6 Å². The number of nitrogens with zero attached hydrogens (tertiary/aromatic N) is 3. The summed E-state index contributed by atoms with van der Waals surface area (Å²) >= 11 is 0. The van der Waals surface area contributed by atoms with Gasteiger partial charge in [-0.25, -0.2) is 10.8 Å². The number of carbonyl (C=O) groups is 2. The van der Waals surface area contributed by atoms with Gasteiger partial charge in [-0.05, 0) is 36.8 Å². The first-order valence-electron chi connectivity index (χ1n) is 9.62. The summed E-state index contributed by atoms with van der Waals surface area (Å²) in [4.78, 5) is 30.8. The number of amides is 2. The van der Waals surface area contributed by atoms with E-state index in [1.54, 1.807) is 18.9 Å². The van der Waals surface area contributed by atoms with E-state index in [0.717, 1.165) is 6.42 Å². The Bertz CT molecular complexity index is 805. The van der Waals surface area contributed by atoms with Crippen LogP contribution < -0.4 is 16.9 Å².